The van der Waals surface area contributed by atoms with E-state index in [0.717, 1.165) is 0 Å². The van der Waals surface area contributed by atoms with Crippen LogP contribution in [0.3, 0.4) is 0 Å². The molecule has 0 radical (unpaired) electrons. The fourth-order valence-corrected chi connectivity index (χ4v) is 1.80. The average Bonchev–Trinajstić information content (AvgIpc) is 3.23. The summed E-state index contributed by atoms with van der Waals surface area (Å²) in [5, 5.41) is 15.3. The van der Waals surface area contributed by atoms with Crippen LogP contribution in [0.1, 0.15) is 29.2 Å². The summed E-state index contributed by atoms with van der Waals surface area (Å²) in [6.07, 6.45) is 4.17. The van der Waals surface area contributed by atoms with E-state index < -0.39 is 17.8 Å². The maximum atomic E-state index is 12.2. The Morgan fingerprint density at radius 1 is 1.12 bits per heavy atom. The Balaban J connectivity index is 2.04. The standard InChI is InChI=1S/C16H16N2O6/c19-14(20)6-1-7-17-15(21)12(10-11-4-2-8-23-11)18-16(22)13-5-3-9-24-13/h2-5,8-10H,1,6-7H2,(H,17,21)(H,18,22)(H,19,20)/p-1/b12-10-. The lowest BCUT2D eigenvalue weighted by Gasteiger charge is -2.10. The summed E-state index contributed by atoms with van der Waals surface area (Å²) in [7, 11) is 0. The van der Waals surface area contributed by atoms with Crippen LogP contribution in [-0.4, -0.2) is 24.3 Å². The van der Waals surface area contributed by atoms with E-state index in [0.29, 0.717) is 5.76 Å². The summed E-state index contributed by atoms with van der Waals surface area (Å²) < 4.78 is 10.1. The van der Waals surface area contributed by atoms with E-state index >= 15 is 0 Å². The minimum atomic E-state index is -1.19. The molecule has 2 heterocycles. The molecule has 2 rings (SSSR count). The predicted molar refractivity (Wildman–Crippen MR) is 80.1 cm³/mol. The molecular formula is C16H15N2O6-. The van der Waals surface area contributed by atoms with E-state index in [9.17, 15) is 19.5 Å². The number of carbonyl (C=O) groups is 3. The first kappa shape index (κ1) is 17.1. The highest BCUT2D eigenvalue weighted by Gasteiger charge is 2.16. The number of carboxylic acids is 1. The van der Waals surface area contributed by atoms with E-state index in [2.05, 4.69) is 10.6 Å². The zero-order valence-corrected chi connectivity index (χ0v) is 12.6. The van der Waals surface area contributed by atoms with Crippen LogP contribution in [0.4, 0.5) is 0 Å². The Morgan fingerprint density at radius 3 is 2.50 bits per heavy atom. The fraction of sp³-hybridized carbons (Fsp3) is 0.188. The first-order valence-corrected chi connectivity index (χ1v) is 7.14. The summed E-state index contributed by atoms with van der Waals surface area (Å²) >= 11 is 0. The van der Waals surface area contributed by atoms with Crippen molar-refractivity contribution in [2.75, 3.05) is 6.54 Å². The van der Waals surface area contributed by atoms with Crippen LogP contribution in [0, 0.1) is 0 Å². The van der Waals surface area contributed by atoms with E-state index in [4.69, 9.17) is 8.83 Å². The number of hydrogen-bond acceptors (Lipinski definition) is 6. The fourth-order valence-electron chi connectivity index (χ4n) is 1.80. The minimum Gasteiger partial charge on any atom is -0.550 e. The van der Waals surface area contributed by atoms with Gasteiger partial charge in [0.25, 0.3) is 11.8 Å². The Morgan fingerprint density at radius 2 is 1.88 bits per heavy atom. The lowest BCUT2D eigenvalue weighted by molar-refractivity contribution is -0.305. The van der Waals surface area contributed by atoms with Crippen LogP contribution >= 0.6 is 0 Å². The van der Waals surface area contributed by atoms with Crippen molar-refractivity contribution in [3.05, 3.63) is 54.0 Å². The van der Waals surface area contributed by atoms with E-state index in [1.54, 1.807) is 18.2 Å². The second kappa shape index (κ2) is 8.37. The van der Waals surface area contributed by atoms with Gasteiger partial charge in [0.2, 0.25) is 0 Å². The number of carbonyl (C=O) groups excluding carboxylic acids is 3. The summed E-state index contributed by atoms with van der Waals surface area (Å²) in [4.78, 5) is 34.6. The van der Waals surface area contributed by atoms with Crippen LogP contribution in [0.2, 0.25) is 0 Å². The van der Waals surface area contributed by atoms with Gasteiger partial charge >= 0.3 is 0 Å². The molecule has 126 valence electrons. The number of rotatable bonds is 8. The molecule has 0 saturated heterocycles. The summed E-state index contributed by atoms with van der Waals surface area (Å²) in [6.45, 7) is 0.124. The van der Waals surface area contributed by atoms with Gasteiger partial charge in [-0.3, -0.25) is 9.59 Å². The average molecular weight is 331 g/mol. The first-order valence-electron chi connectivity index (χ1n) is 7.14. The lowest BCUT2D eigenvalue weighted by atomic mass is 10.2. The van der Waals surface area contributed by atoms with Gasteiger partial charge in [0.05, 0.1) is 12.5 Å². The van der Waals surface area contributed by atoms with Crippen molar-refractivity contribution in [2.24, 2.45) is 0 Å². The van der Waals surface area contributed by atoms with Crippen LogP contribution in [-0.2, 0) is 9.59 Å². The lowest BCUT2D eigenvalue weighted by Crippen LogP contribution is -2.35. The second-order valence-corrected chi connectivity index (χ2v) is 4.74. The molecule has 2 amide bonds. The summed E-state index contributed by atoms with van der Waals surface area (Å²) in [5.74, 6) is -1.95. The van der Waals surface area contributed by atoms with E-state index in [-0.39, 0.29) is 30.8 Å². The zero-order chi connectivity index (χ0) is 17.4. The number of hydrogen-bond donors (Lipinski definition) is 2. The second-order valence-electron chi connectivity index (χ2n) is 4.74. The Labute approximate surface area is 137 Å². The molecule has 8 nitrogen and oxygen atoms in total. The van der Waals surface area contributed by atoms with Gasteiger partial charge in [-0.15, -0.1) is 0 Å². The van der Waals surface area contributed by atoms with E-state index in [1.807, 2.05) is 0 Å². The maximum absolute atomic E-state index is 12.2. The number of nitrogens with one attached hydrogen (secondary N) is 2. The molecule has 0 saturated carbocycles. The van der Waals surface area contributed by atoms with Gasteiger partial charge in [-0.05, 0) is 37.1 Å². The first-order chi connectivity index (χ1) is 11.6. The zero-order valence-electron chi connectivity index (χ0n) is 12.6. The third-order valence-corrected chi connectivity index (χ3v) is 2.91. The van der Waals surface area contributed by atoms with E-state index in [1.165, 1.54) is 24.7 Å². The molecule has 0 spiro atoms. The molecule has 0 aliphatic carbocycles. The SMILES string of the molecule is O=C([O-])CCCNC(=O)/C(=C/c1ccco1)NC(=O)c1ccco1. The largest absolute Gasteiger partial charge is 0.550 e. The molecule has 0 aromatic carbocycles. The van der Waals surface area contributed by atoms with Gasteiger partial charge in [0.1, 0.15) is 11.5 Å². The number of carboxylic acid groups (broad SMARTS) is 1. The van der Waals surface area contributed by atoms with Crippen LogP contribution in [0.15, 0.2) is 51.3 Å². The maximum Gasteiger partial charge on any atom is 0.291 e. The van der Waals surface area contributed by atoms with Crippen molar-refractivity contribution < 1.29 is 28.3 Å². The molecule has 24 heavy (non-hydrogen) atoms. The van der Waals surface area contributed by atoms with Gasteiger partial charge in [0, 0.05) is 18.6 Å². The third kappa shape index (κ3) is 5.16. The molecule has 2 aromatic rings. The van der Waals surface area contributed by atoms with Gasteiger partial charge in [-0.1, -0.05) is 0 Å². The summed E-state index contributed by atoms with van der Waals surface area (Å²) in [5.41, 5.74) is -0.0557. The molecule has 0 aliphatic heterocycles. The predicted octanol–water partition coefficient (Wildman–Crippen LogP) is 0.290. The van der Waals surface area contributed by atoms with Crippen LogP contribution in [0.25, 0.3) is 6.08 Å². The number of aliphatic carboxylic acids is 1. The molecule has 0 fully saturated rings. The molecule has 0 bridgehead atoms. The molecule has 0 atom stereocenters. The number of amides is 2. The Kier molecular flexibility index (Phi) is 5.95. The topological polar surface area (TPSA) is 125 Å². The van der Waals surface area contributed by atoms with Crippen molar-refractivity contribution in [1.29, 1.82) is 0 Å². The normalized spacial score (nSPS) is 11.1. The highest BCUT2D eigenvalue weighted by Crippen LogP contribution is 2.08. The molecule has 0 aliphatic rings. The molecule has 0 unspecified atom stereocenters. The van der Waals surface area contributed by atoms with Gasteiger partial charge in [-0.2, -0.15) is 0 Å². The van der Waals surface area contributed by atoms with Crippen LogP contribution < -0.4 is 15.7 Å². The Bertz CT molecular complexity index is 716. The van der Waals surface area contributed by atoms with Gasteiger partial charge in [0.15, 0.2) is 5.76 Å². The van der Waals surface area contributed by atoms with Crippen molar-refractivity contribution in [3.63, 3.8) is 0 Å². The number of furan rings is 2. The van der Waals surface area contributed by atoms with Crippen LogP contribution in [0.5, 0.6) is 0 Å². The molecule has 2 N–H and O–H groups in total. The van der Waals surface area contributed by atoms with Crippen molar-refractivity contribution in [3.8, 4) is 0 Å². The monoisotopic (exact) mass is 331 g/mol. The Hall–Kier alpha value is -3.29. The van der Waals surface area contributed by atoms with Gasteiger partial charge in [-0.25, -0.2) is 0 Å². The molecular weight excluding hydrogens is 316 g/mol. The smallest absolute Gasteiger partial charge is 0.291 e. The molecule has 8 heteroatoms. The van der Waals surface area contributed by atoms with Crippen molar-refractivity contribution >= 4 is 23.9 Å². The molecule has 2 aromatic heterocycles. The quantitative estimate of drug-likeness (QED) is 0.529. The highest BCUT2D eigenvalue weighted by molar-refractivity contribution is 6.04. The van der Waals surface area contributed by atoms with Crippen molar-refractivity contribution in [2.45, 2.75) is 12.8 Å². The van der Waals surface area contributed by atoms with Gasteiger partial charge < -0.3 is 29.4 Å². The summed E-state index contributed by atoms with van der Waals surface area (Å²) in [6, 6.07) is 6.25. The minimum absolute atomic E-state index is 0.0464. The van der Waals surface area contributed by atoms with Crippen molar-refractivity contribution in [1.82, 2.24) is 10.6 Å². The highest BCUT2D eigenvalue weighted by atomic mass is 16.4. The third-order valence-electron chi connectivity index (χ3n) is 2.91.